The predicted octanol–water partition coefficient (Wildman–Crippen LogP) is 3.11. The van der Waals surface area contributed by atoms with Gasteiger partial charge in [0.15, 0.2) is 11.6 Å². The molecule has 1 saturated heterocycles. The molecule has 0 saturated carbocycles. The lowest BCUT2D eigenvalue weighted by atomic mass is 9.91. The monoisotopic (exact) mass is 362 g/mol. The van der Waals surface area contributed by atoms with Crippen LogP contribution in [-0.2, 0) is 6.42 Å². The molecule has 0 bridgehead atoms. The van der Waals surface area contributed by atoms with Crippen molar-refractivity contribution in [1.29, 1.82) is 0 Å². The van der Waals surface area contributed by atoms with Crippen molar-refractivity contribution in [2.24, 2.45) is 5.92 Å². The van der Waals surface area contributed by atoms with E-state index in [1.165, 1.54) is 6.07 Å². The lowest BCUT2D eigenvalue weighted by Gasteiger charge is -2.21. The van der Waals surface area contributed by atoms with Crippen molar-refractivity contribution >= 4 is 11.6 Å². The number of carbonyl (C=O) groups excluding carboxylic acids is 2. The quantitative estimate of drug-likeness (QED) is 0.831. The Morgan fingerprint density at radius 1 is 1.08 bits per heavy atom. The maximum absolute atomic E-state index is 13.7. The van der Waals surface area contributed by atoms with Crippen molar-refractivity contribution in [2.75, 3.05) is 13.1 Å². The second-order valence-electron chi connectivity index (χ2n) is 6.25. The van der Waals surface area contributed by atoms with Gasteiger partial charge in [0.1, 0.15) is 23.1 Å². The smallest absolute Gasteiger partial charge is 0.184 e. The summed E-state index contributed by atoms with van der Waals surface area (Å²) < 4.78 is 40.4. The van der Waals surface area contributed by atoms with Crippen LogP contribution in [0.2, 0.25) is 0 Å². The zero-order valence-electron chi connectivity index (χ0n) is 13.9. The molecule has 1 fully saturated rings. The third-order valence-electron chi connectivity index (χ3n) is 4.40. The average molecular weight is 362 g/mol. The predicted molar refractivity (Wildman–Crippen MR) is 88.5 cm³/mol. The number of piperidine rings is 1. The maximum atomic E-state index is 13.7. The highest BCUT2D eigenvalue weighted by Crippen LogP contribution is 2.19. The van der Waals surface area contributed by atoms with Crippen LogP contribution in [0.4, 0.5) is 13.2 Å². The summed E-state index contributed by atoms with van der Waals surface area (Å²) >= 11 is 0. The minimum absolute atomic E-state index is 0.0973. The maximum Gasteiger partial charge on any atom is 0.184 e. The summed E-state index contributed by atoms with van der Waals surface area (Å²) in [6, 6.07) is 5.58. The molecule has 0 atom stereocenters. The van der Waals surface area contributed by atoms with Crippen molar-refractivity contribution < 1.29 is 22.8 Å². The number of Topliss-reactive ketones (excluding diaryl/α,β-unsaturated/α-hetero) is 2. The number of nitrogens with one attached hydrogen (secondary N) is 1. The summed E-state index contributed by atoms with van der Waals surface area (Å²) in [6.07, 6.45) is 1.05. The highest BCUT2D eigenvalue weighted by molar-refractivity contribution is 5.98. The number of halogens is 3. The standard InChI is InChI=1S/C19H17F3N2O2/c20-12-8-14(21)18(15(22)9-12)17(25)10-13-2-1-3-16(24-13)19(26)11-4-6-23-7-5-11/h1-3,8-9,11,23H,4-7,10H2. The Balaban J connectivity index is 1.78. The molecule has 2 heterocycles. The van der Waals surface area contributed by atoms with E-state index in [9.17, 15) is 22.8 Å². The lowest BCUT2D eigenvalue weighted by Crippen LogP contribution is -2.32. The fourth-order valence-corrected chi connectivity index (χ4v) is 3.07. The van der Waals surface area contributed by atoms with Crippen LogP contribution in [0.15, 0.2) is 30.3 Å². The van der Waals surface area contributed by atoms with Crippen LogP contribution in [0.3, 0.4) is 0 Å². The minimum Gasteiger partial charge on any atom is -0.317 e. The largest absolute Gasteiger partial charge is 0.317 e. The number of hydrogen-bond donors (Lipinski definition) is 1. The molecule has 136 valence electrons. The second kappa shape index (κ2) is 7.78. The van der Waals surface area contributed by atoms with E-state index >= 15 is 0 Å². The molecule has 0 radical (unpaired) electrons. The molecule has 1 aromatic heterocycles. The summed E-state index contributed by atoms with van der Waals surface area (Å²) in [5.41, 5.74) is -0.330. The van der Waals surface area contributed by atoms with Crippen LogP contribution in [0.25, 0.3) is 0 Å². The highest BCUT2D eigenvalue weighted by Gasteiger charge is 2.24. The van der Waals surface area contributed by atoms with Gasteiger partial charge in [0.2, 0.25) is 0 Å². The number of ketones is 2. The van der Waals surface area contributed by atoms with Gasteiger partial charge in [-0.3, -0.25) is 9.59 Å². The van der Waals surface area contributed by atoms with Crippen molar-refractivity contribution in [2.45, 2.75) is 19.3 Å². The molecule has 0 amide bonds. The Morgan fingerprint density at radius 2 is 1.73 bits per heavy atom. The first-order valence-corrected chi connectivity index (χ1v) is 8.34. The Morgan fingerprint density at radius 3 is 2.38 bits per heavy atom. The van der Waals surface area contributed by atoms with Crippen LogP contribution in [0, 0.1) is 23.4 Å². The Kier molecular flexibility index (Phi) is 5.46. The van der Waals surface area contributed by atoms with Gasteiger partial charge in [0, 0.05) is 23.7 Å². The van der Waals surface area contributed by atoms with E-state index in [0.717, 1.165) is 25.9 Å². The van der Waals surface area contributed by atoms with E-state index in [1.807, 2.05) is 0 Å². The zero-order valence-corrected chi connectivity index (χ0v) is 13.9. The van der Waals surface area contributed by atoms with E-state index in [-0.39, 0.29) is 29.5 Å². The molecular weight excluding hydrogens is 345 g/mol. The topological polar surface area (TPSA) is 59.1 Å². The van der Waals surface area contributed by atoms with Crippen LogP contribution in [0.1, 0.15) is 39.4 Å². The van der Waals surface area contributed by atoms with Gasteiger partial charge in [-0.05, 0) is 38.1 Å². The van der Waals surface area contributed by atoms with E-state index in [1.54, 1.807) is 12.1 Å². The van der Waals surface area contributed by atoms with Gasteiger partial charge in [-0.25, -0.2) is 18.2 Å². The van der Waals surface area contributed by atoms with Crippen molar-refractivity contribution in [1.82, 2.24) is 10.3 Å². The fraction of sp³-hybridized carbons (Fsp3) is 0.316. The minimum atomic E-state index is -1.26. The lowest BCUT2D eigenvalue weighted by molar-refractivity contribution is 0.0887. The molecule has 0 unspecified atom stereocenters. The number of carbonyl (C=O) groups is 2. The Labute approximate surface area is 148 Å². The van der Waals surface area contributed by atoms with E-state index in [2.05, 4.69) is 10.3 Å². The van der Waals surface area contributed by atoms with Crippen molar-refractivity contribution in [3.8, 4) is 0 Å². The molecule has 1 aliphatic rings. The van der Waals surface area contributed by atoms with Crippen LogP contribution >= 0.6 is 0 Å². The van der Waals surface area contributed by atoms with Gasteiger partial charge >= 0.3 is 0 Å². The van der Waals surface area contributed by atoms with Crippen molar-refractivity contribution in [3.63, 3.8) is 0 Å². The zero-order chi connectivity index (χ0) is 18.7. The van der Waals surface area contributed by atoms with E-state index in [0.29, 0.717) is 12.1 Å². The molecule has 26 heavy (non-hydrogen) atoms. The molecule has 0 aliphatic carbocycles. The number of aromatic nitrogens is 1. The first-order valence-electron chi connectivity index (χ1n) is 8.34. The summed E-state index contributed by atoms with van der Waals surface area (Å²) in [5.74, 6) is -4.69. The summed E-state index contributed by atoms with van der Waals surface area (Å²) in [5, 5.41) is 3.18. The number of rotatable bonds is 5. The molecule has 4 nitrogen and oxygen atoms in total. The number of nitrogens with zero attached hydrogens (tertiary/aromatic N) is 1. The van der Waals surface area contributed by atoms with Crippen LogP contribution in [0.5, 0.6) is 0 Å². The molecular formula is C19H17F3N2O2. The van der Waals surface area contributed by atoms with Crippen molar-refractivity contribution in [3.05, 3.63) is 64.7 Å². The second-order valence-corrected chi connectivity index (χ2v) is 6.25. The molecule has 1 aliphatic heterocycles. The molecule has 3 rings (SSSR count). The Hall–Kier alpha value is -2.54. The first-order chi connectivity index (χ1) is 12.5. The summed E-state index contributed by atoms with van der Waals surface area (Å²) in [7, 11) is 0. The van der Waals surface area contributed by atoms with Gasteiger partial charge < -0.3 is 5.32 Å². The average Bonchev–Trinajstić information content (AvgIpc) is 2.61. The first kappa shape index (κ1) is 18.3. The van der Waals surface area contributed by atoms with E-state index in [4.69, 9.17) is 0 Å². The van der Waals surface area contributed by atoms with E-state index < -0.39 is 28.8 Å². The molecule has 2 aromatic rings. The summed E-state index contributed by atoms with van der Waals surface area (Å²) in [4.78, 5) is 28.9. The SMILES string of the molecule is O=C(Cc1cccc(C(=O)C2CCNCC2)n1)c1c(F)cc(F)cc1F. The van der Waals surface area contributed by atoms with Gasteiger partial charge in [-0.1, -0.05) is 6.07 Å². The number of hydrogen-bond acceptors (Lipinski definition) is 4. The third kappa shape index (κ3) is 3.99. The molecule has 1 aromatic carbocycles. The van der Waals surface area contributed by atoms with Gasteiger partial charge in [-0.2, -0.15) is 0 Å². The Bertz CT molecular complexity index is 825. The van der Waals surface area contributed by atoms with Gasteiger partial charge in [0.25, 0.3) is 0 Å². The number of pyridine rings is 1. The highest BCUT2D eigenvalue weighted by atomic mass is 19.1. The fourth-order valence-electron chi connectivity index (χ4n) is 3.07. The van der Waals surface area contributed by atoms with Crippen LogP contribution < -0.4 is 5.32 Å². The van der Waals surface area contributed by atoms with Gasteiger partial charge in [-0.15, -0.1) is 0 Å². The molecule has 0 spiro atoms. The van der Waals surface area contributed by atoms with Gasteiger partial charge in [0.05, 0.1) is 12.0 Å². The normalized spacial score (nSPS) is 15.0. The number of benzene rings is 1. The third-order valence-corrected chi connectivity index (χ3v) is 4.40. The van der Waals surface area contributed by atoms with Crippen LogP contribution in [-0.4, -0.2) is 29.6 Å². The molecule has 1 N–H and O–H groups in total. The molecule has 7 heteroatoms. The summed E-state index contributed by atoms with van der Waals surface area (Å²) in [6.45, 7) is 1.52.